The Morgan fingerprint density at radius 2 is 2.00 bits per heavy atom. The summed E-state index contributed by atoms with van der Waals surface area (Å²) in [6.07, 6.45) is 1.41. The maximum Gasteiger partial charge on any atom is 0.195 e. The van der Waals surface area contributed by atoms with Crippen molar-refractivity contribution in [3.8, 4) is 5.75 Å². The van der Waals surface area contributed by atoms with Crippen molar-refractivity contribution < 1.29 is 9.53 Å². The van der Waals surface area contributed by atoms with Crippen LogP contribution in [-0.4, -0.2) is 20.5 Å². The molecule has 0 radical (unpaired) electrons. The van der Waals surface area contributed by atoms with Crippen LogP contribution in [0.2, 0.25) is 0 Å². The van der Waals surface area contributed by atoms with E-state index in [0.717, 1.165) is 16.9 Å². The lowest BCUT2D eigenvalue weighted by molar-refractivity contribution is 0.0966. The molecule has 3 rings (SSSR count). The monoisotopic (exact) mass is 385 g/mol. The van der Waals surface area contributed by atoms with E-state index in [1.807, 2.05) is 49.4 Å². The number of benzene rings is 2. The summed E-state index contributed by atoms with van der Waals surface area (Å²) < 4.78 is 7.89. The molecule has 5 nitrogen and oxygen atoms in total. The largest absolute Gasteiger partial charge is 0.489 e. The molecular weight excluding hydrogens is 370 g/mol. The average Bonchev–Trinajstić information content (AvgIpc) is 2.99. The van der Waals surface area contributed by atoms with Gasteiger partial charge in [0, 0.05) is 5.56 Å². The summed E-state index contributed by atoms with van der Waals surface area (Å²) in [5.41, 5.74) is 2.66. The Balaban J connectivity index is 1.68. The standard InChI is InChI=1S/C18H16BrN3O2/c1-13-9-15(16(23)10-22-18(19)20-12-21-22)7-8-17(13)24-11-14-5-3-2-4-6-14/h2-9,12H,10-11H2,1H3. The molecule has 0 bridgehead atoms. The van der Waals surface area contributed by atoms with Crippen LogP contribution >= 0.6 is 15.9 Å². The van der Waals surface area contributed by atoms with Gasteiger partial charge >= 0.3 is 0 Å². The van der Waals surface area contributed by atoms with Crippen LogP contribution in [0, 0.1) is 6.92 Å². The Morgan fingerprint density at radius 3 is 2.67 bits per heavy atom. The minimum Gasteiger partial charge on any atom is -0.489 e. The Kier molecular flexibility index (Phi) is 5.05. The molecule has 0 N–H and O–H groups in total. The first-order valence-corrected chi connectivity index (χ1v) is 8.26. The first kappa shape index (κ1) is 16.4. The van der Waals surface area contributed by atoms with Crippen molar-refractivity contribution >= 4 is 21.7 Å². The van der Waals surface area contributed by atoms with Gasteiger partial charge in [-0.2, -0.15) is 5.10 Å². The highest BCUT2D eigenvalue weighted by atomic mass is 79.9. The SMILES string of the molecule is Cc1cc(C(=O)Cn2ncnc2Br)ccc1OCc1ccccc1. The van der Waals surface area contributed by atoms with Gasteiger partial charge in [0.2, 0.25) is 0 Å². The van der Waals surface area contributed by atoms with Gasteiger partial charge in [0.05, 0.1) is 0 Å². The van der Waals surface area contributed by atoms with E-state index >= 15 is 0 Å². The lowest BCUT2D eigenvalue weighted by Gasteiger charge is -2.11. The van der Waals surface area contributed by atoms with Crippen LogP contribution in [0.15, 0.2) is 59.6 Å². The summed E-state index contributed by atoms with van der Waals surface area (Å²) >= 11 is 3.25. The zero-order valence-electron chi connectivity index (χ0n) is 13.1. The summed E-state index contributed by atoms with van der Waals surface area (Å²) in [7, 11) is 0. The number of Topliss-reactive ketones (excluding diaryl/α,β-unsaturated/α-hetero) is 1. The quantitative estimate of drug-likeness (QED) is 0.605. The number of aromatic nitrogens is 3. The summed E-state index contributed by atoms with van der Waals surface area (Å²) in [6, 6.07) is 15.4. The summed E-state index contributed by atoms with van der Waals surface area (Å²) in [5.74, 6) is 0.747. The molecule has 0 amide bonds. The van der Waals surface area contributed by atoms with Crippen LogP contribution in [0.5, 0.6) is 5.75 Å². The van der Waals surface area contributed by atoms with Crippen molar-refractivity contribution in [2.24, 2.45) is 0 Å². The third-order valence-electron chi connectivity index (χ3n) is 3.60. The van der Waals surface area contributed by atoms with Gasteiger partial charge in [0.15, 0.2) is 10.5 Å². The first-order valence-electron chi connectivity index (χ1n) is 7.47. The third-order valence-corrected chi connectivity index (χ3v) is 4.21. The number of nitrogens with zero attached hydrogens (tertiary/aromatic N) is 3. The van der Waals surface area contributed by atoms with Gasteiger partial charge < -0.3 is 4.74 Å². The highest BCUT2D eigenvalue weighted by Gasteiger charge is 2.12. The Morgan fingerprint density at radius 1 is 1.21 bits per heavy atom. The van der Waals surface area contributed by atoms with E-state index < -0.39 is 0 Å². The normalized spacial score (nSPS) is 10.6. The number of hydrogen-bond donors (Lipinski definition) is 0. The number of ether oxygens (including phenoxy) is 1. The third kappa shape index (κ3) is 3.89. The fourth-order valence-corrected chi connectivity index (χ4v) is 2.61. The van der Waals surface area contributed by atoms with Crippen molar-refractivity contribution in [1.29, 1.82) is 0 Å². The highest BCUT2D eigenvalue weighted by molar-refractivity contribution is 9.10. The van der Waals surface area contributed by atoms with Crippen LogP contribution in [0.25, 0.3) is 0 Å². The predicted octanol–water partition coefficient (Wildman–Crippen LogP) is 3.81. The van der Waals surface area contributed by atoms with Crippen LogP contribution in [-0.2, 0) is 13.2 Å². The summed E-state index contributed by atoms with van der Waals surface area (Å²) in [4.78, 5) is 16.3. The Labute approximate surface area is 148 Å². The molecule has 0 aliphatic rings. The van der Waals surface area contributed by atoms with E-state index in [1.54, 1.807) is 6.07 Å². The molecule has 3 aromatic rings. The minimum atomic E-state index is -0.0288. The van der Waals surface area contributed by atoms with Crippen LogP contribution in [0.3, 0.4) is 0 Å². The molecule has 2 aromatic carbocycles. The smallest absolute Gasteiger partial charge is 0.195 e. The van der Waals surface area contributed by atoms with Crippen molar-refractivity contribution in [3.05, 3.63) is 76.3 Å². The molecule has 122 valence electrons. The molecule has 0 spiro atoms. The predicted molar refractivity (Wildman–Crippen MR) is 94.0 cm³/mol. The molecule has 24 heavy (non-hydrogen) atoms. The number of aryl methyl sites for hydroxylation is 1. The van der Waals surface area contributed by atoms with Gasteiger partial charge in [-0.05, 0) is 52.2 Å². The number of halogens is 1. The molecule has 0 fully saturated rings. The van der Waals surface area contributed by atoms with Gasteiger partial charge in [-0.15, -0.1) is 0 Å². The topological polar surface area (TPSA) is 57.0 Å². The van der Waals surface area contributed by atoms with Crippen molar-refractivity contribution in [2.75, 3.05) is 0 Å². The van der Waals surface area contributed by atoms with Crippen LogP contribution in [0.1, 0.15) is 21.5 Å². The Hall–Kier alpha value is -2.47. The summed E-state index contributed by atoms with van der Waals surface area (Å²) in [5, 5.41) is 4.00. The first-order chi connectivity index (χ1) is 11.6. The molecule has 1 heterocycles. The van der Waals surface area contributed by atoms with Gasteiger partial charge in [0.25, 0.3) is 0 Å². The number of carbonyl (C=O) groups is 1. The zero-order chi connectivity index (χ0) is 16.9. The summed E-state index contributed by atoms with van der Waals surface area (Å²) in [6.45, 7) is 2.58. The number of rotatable bonds is 6. The van der Waals surface area contributed by atoms with E-state index in [-0.39, 0.29) is 12.3 Å². The zero-order valence-corrected chi connectivity index (χ0v) is 14.7. The molecule has 0 aliphatic heterocycles. The van der Waals surface area contributed by atoms with E-state index in [4.69, 9.17) is 4.74 Å². The van der Waals surface area contributed by atoms with Gasteiger partial charge in [-0.3, -0.25) is 4.79 Å². The molecule has 0 saturated carbocycles. The van der Waals surface area contributed by atoms with Gasteiger partial charge in [0.1, 0.15) is 25.2 Å². The van der Waals surface area contributed by atoms with Crippen LogP contribution in [0.4, 0.5) is 0 Å². The molecule has 0 aliphatic carbocycles. The number of carbonyl (C=O) groups excluding carboxylic acids is 1. The van der Waals surface area contributed by atoms with E-state index in [0.29, 0.717) is 16.9 Å². The fraction of sp³-hybridized carbons (Fsp3) is 0.167. The minimum absolute atomic E-state index is 0.0288. The maximum atomic E-state index is 12.4. The lowest BCUT2D eigenvalue weighted by Crippen LogP contribution is -2.12. The molecule has 1 aromatic heterocycles. The molecule has 0 unspecified atom stereocenters. The van der Waals surface area contributed by atoms with E-state index in [2.05, 4.69) is 26.0 Å². The second-order valence-corrected chi connectivity index (χ2v) is 6.07. The molecular formula is C18H16BrN3O2. The molecule has 6 heteroatoms. The second kappa shape index (κ2) is 7.40. The maximum absolute atomic E-state index is 12.4. The van der Waals surface area contributed by atoms with Gasteiger partial charge in [-0.25, -0.2) is 9.67 Å². The van der Waals surface area contributed by atoms with E-state index in [9.17, 15) is 4.79 Å². The van der Waals surface area contributed by atoms with Crippen molar-refractivity contribution in [2.45, 2.75) is 20.1 Å². The lowest BCUT2D eigenvalue weighted by atomic mass is 10.1. The van der Waals surface area contributed by atoms with Crippen molar-refractivity contribution in [1.82, 2.24) is 14.8 Å². The van der Waals surface area contributed by atoms with Gasteiger partial charge in [-0.1, -0.05) is 30.3 Å². The number of ketones is 1. The average molecular weight is 386 g/mol. The number of hydrogen-bond acceptors (Lipinski definition) is 4. The molecule has 0 saturated heterocycles. The second-order valence-electron chi connectivity index (χ2n) is 5.36. The highest BCUT2D eigenvalue weighted by Crippen LogP contribution is 2.21. The van der Waals surface area contributed by atoms with E-state index in [1.165, 1.54) is 11.0 Å². The molecule has 0 atom stereocenters. The fourth-order valence-electron chi connectivity index (χ4n) is 2.30. The van der Waals surface area contributed by atoms with Crippen molar-refractivity contribution in [3.63, 3.8) is 0 Å². The Bertz CT molecular complexity index is 846. The van der Waals surface area contributed by atoms with Crippen LogP contribution < -0.4 is 4.74 Å².